The van der Waals surface area contributed by atoms with Crippen molar-refractivity contribution in [2.45, 2.75) is 135 Å². The molecule has 0 atom stereocenters. The van der Waals surface area contributed by atoms with Gasteiger partial charge in [0, 0.05) is 0 Å². The van der Waals surface area contributed by atoms with Crippen molar-refractivity contribution in [2.75, 3.05) is 5.75 Å². The summed E-state index contributed by atoms with van der Waals surface area (Å²) >= 11 is 0. The smallest absolute Gasteiger partial charge is 0.264 e. The number of ether oxygens (including phenoxy) is 1. The van der Waals surface area contributed by atoms with Crippen LogP contribution >= 0.6 is 0 Å². The van der Waals surface area contributed by atoms with Gasteiger partial charge in [0.2, 0.25) is 0 Å². The molecule has 1 aromatic carbocycles. The van der Waals surface area contributed by atoms with Gasteiger partial charge in [0.15, 0.2) is 0 Å². The summed E-state index contributed by atoms with van der Waals surface area (Å²) in [6, 6.07) is 9.94. The van der Waals surface area contributed by atoms with Crippen molar-refractivity contribution in [1.82, 2.24) is 0 Å². The maximum Gasteiger partial charge on any atom is 0.264 e. The molecule has 0 saturated heterocycles. The monoisotopic (exact) mass is 482 g/mol. The minimum absolute atomic E-state index is 0.194. The van der Waals surface area contributed by atoms with Gasteiger partial charge < -0.3 is 4.74 Å². The van der Waals surface area contributed by atoms with Gasteiger partial charge in [0.1, 0.15) is 11.4 Å². The van der Waals surface area contributed by atoms with E-state index in [0.717, 1.165) is 31.4 Å². The predicted molar refractivity (Wildman–Crippen MR) is 141 cm³/mol. The Hall–Kier alpha value is -1.07. The molecular formula is C28H50O4S. The van der Waals surface area contributed by atoms with Gasteiger partial charge in [-0.15, -0.1) is 0 Å². The molecule has 0 spiro atoms. The van der Waals surface area contributed by atoms with Gasteiger partial charge in [-0.3, -0.25) is 4.55 Å². The van der Waals surface area contributed by atoms with E-state index in [1.54, 1.807) is 0 Å². The fourth-order valence-corrected chi connectivity index (χ4v) is 5.16. The highest BCUT2D eigenvalue weighted by molar-refractivity contribution is 7.85. The summed E-state index contributed by atoms with van der Waals surface area (Å²) in [5.74, 6) is 0.663. The van der Waals surface area contributed by atoms with E-state index in [9.17, 15) is 13.0 Å². The Balaban J connectivity index is 2.75. The van der Waals surface area contributed by atoms with Crippen molar-refractivity contribution in [2.24, 2.45) is 0 Å². The third kappa shape index (κ3) is 16.2. The zero-order valence-electron chi connectivity index (χ0n) is 21.4. The molecule has 0 aliphatic rings. The fourth-order valence-electron chi connectivity index (χ4n) is 4.65. The van der Waals surface area contributed by atoms with E-state index in [0.29, 0.717) is 12.8 Å². The molecule has 0 unspecified atom stereocenters. The van der Waals surface area contributed by atoms with E-state index in [1.165, 1.54) is 77.0 Å². The summed E-state index contributed by atoms with van der Waals surface area (Å²) in [5, 5.41) is 0. The SMILES string of the molecule is CCCCCCCCCC(CCCCCCCCC)(CCCS(=O)(=O)O)Oc1ccccc1. The summed E-state index contributed by atoms with van der Waals surface area (Å²) in [7, 11) is -3.95. The molecule has 0 amide bonds. The number of hydrogen-bond acceptors (Lipinski definition) is 3. The highest BCUT2D eigenvalue weighted by Crippen LogP contribution is 2.34. The first kappa shape index (κ1) is 30.0. The van der Waals surface area contributed by atoms with Crippen LogP contribution in [-0.4, -0.2) is 24.3 Å². The summed E-state index contributed by atoms with van der Waals surface area (Å²) in [6.45, 7) is 4.48. The number of benzene rings is 1. The maximum atomic E-state index is 11.4. The van der Waals surface area contributed by atoms with Crippen LogP contribution in [0.4, 0.5) is 0 Å². The second kappa shape index (κ2) is 18.3. The Kier molecular flexibility index (Phi) is 16.6. The molecule has 5 heteroatoms. The Morgan fingerprint density at radius 1 is 0.667 bits per heavy atom. The van der Waals surface area contributed by atoms with E-state index < -0.39 is 10.1 Å². The highest BCUT2D eigenvalue weighted by atomic mass is 32.2. The van der Waals surface area contributed by atoms with Gasteiger partial charge in [0.25, 0.3) is 10.1 Å². The number of unbranched alkanes of at least 4 members (excludes halogenated alkanes) is 12. The largest absolute Gasteiger partial charge is 0.487 e. The topological polar surface area (TPSA) is 63.6 Å². The van der Waals surface area contributed by atoms with E-state index >= 15 is 0 Å². The molecule has 192 valence electrons. The molecule has 0 aliphatic heterocycles. The third-order valence-corrected chi connectivity index (χ3v) is 7.39. The van der Waals surface area contributed by atoms with E-state index in [1.807, 2.05) is 30.3 Å². The van der Waals surface area contributed by atoms with E-state index in [2.05, 4.69) is 13.8 Å². The van der Waals surface area contributed by atoms with Crippen LogP contribution in [0.5, 0.6) is 5.75 Å². The lowest BCUT2D eigenvalue weighted by Gasteiger charge is -2.35. The lowest BCUT2D eigenvalue weighted by Crippen LogP contribution is -2.37. The van der Waals surface area contributed by atoms with E-state index in [4.69, 9.17) is 4.74 Å². The third-order valence-electron chi connectivity index (χ3n) is 6.58. The molecular weight excluding hydrogens is 432 g/mol. The molecule has 0 radical (unpaired) electrons. The van der Waals surface area contributed by atoms with Crippen molar-refractivity contribution in [3.05, 3.63) is 30.3 Å². The first-order valence-corrected chi connectivity index (χ1v) is 15.2. The normalized spacial score (nSPS) is 12.2. The fraction of sp³-hybridized carbons (Fsp3) is 0.786. The van der Waals surface area contributed by atoms with Crippen molar-refractivity contribution in [3.63, 3.8) is 0 Å². The Bertz CT molecular complexity index is 654. The zero-order valence-corrected chi connectivity index (χ0v) is 22.2. The quantitative estimate of drug-likeness (QED) is 0.132. The second-order valence-electron chi connectivity index (χ2n) is 9.73. The summed E-state index contributed by atoms with van der Waals surface area (Å²) < 4.78 is 38.6. The Morgan fingerprint density at radius 3 is 1.55 bits per heavy atom. The molecule has 4 nitrogen and oxygen atoms in total. The molecule has 0 aromatic heterocycles. The molecule has 0 bridgehead atoms. The Labute approximate surface area is 204 Å². The lowest BCUT2D eigenvalue weighted by atomic mass is 9.85. The highest BCUT2D eigenvalue weighted by Gasteiger charge is 2.31. The minimum Gasteiger partial charge on any atom is -0.487 e. The lowest BCUT2D eigenvalue weighted by molar-refractivity contribution is 0.0353. The summed E-state index contributed by atoms with van der Waals surface area (Å²) in [4.78, 5) is 0. The minimum atomic E-state index is -3.95. The molecule has 1 aromatic rings. The van der Waals surface area contributed by atoms with Crippen LogP contribution in [0.2, 0.25) is 0 Å². The second-order valence-corrected chi connectivity index (χ2v) is 11.3. The molecule has 1 N–H and O–H groups in total. The summed E-state index contributed by atoms with van der Waals surface area (Å²) in [6.07, 6.45) is 20.4. The molecule has 0 aliphatic carbocycles. The first-order chi connectivity index (χ1) is 15.9. The van der Waals surface area contributed by atoms with Crippen LogP contribution in [0.1, 0.15) is 129 Å². The van der Waals surface area contributed by atoms with Crippen molar-refractivity contribution in [3.8, 4) is 5.75 Å². The molecule has 33 heavy (non-hydrogen) atoms. The van der Waals surface area contributed by atoms with Gasteiger partial charge in [-0.1, -0.05) is 109 Å². The van der Waals surface area contributed by atoms with Crippen LogP contribution in [0, 0.1) is 0 Å². The van der Waals surface area contributed by atoms with Crippen LogP contribution < -0.4 is 4.74 Å². The Morgan fingerprint density at radius 2 is 1.09 bits per heavy atom. The zero-order chi connectivity index (χ0) is 24.3. The number of rotatable bonds is 22. The van der Waals surface area contributed by atoms with Crippen LogP contribution in [0.15, 0.2) is 30.3 Å². The standard InChI is InChI=1S/C28H50O4S/c1-3-5-7-9-11-13-18-23-28(25-20-26-33(29,30)31,32-27-21-16-15-17-22-27)24-19-14-12-10-8-6-4-2/h15-17,21-22H,3-14,18-20,23-26H2,1-2H3,(H,29,30,31). The van der Waals surface area contributed by atoms with Crippen molar-refractivity contribution < 1.29 is 17.7 Å². The average Bonchev–Trinajstić information content (AvgIpc) is 2.78. The molecule has 0 heterocycles. The van der Waals surface area contributed by atoms with Gasteiger partial charge in [-0.05, 0) is 50.7 Å². The van der Waals surface area contributed by atoms with Crippen LogP contribution in [0.3, 0.4) is 0 Å². The average molecular weight is 483 g/mol. The van der Waals surface area contributed by atoms with Crippen LogP contribution in [0.25, 0.3) is 0 Å². The van der Waals surface area contributed by atoms with Crippen molar-refractivity contribution in [1.29, 1.82) is 0 Å². The maximum absolute atomic E-state index is 11.4. The van der Waals surface area contributed by atoms with Gasteiger partial charge in [0.05, 0.1) is 5.75 Å². The molecule has 0 saturated carbocycles. The number of para-hydroxylation sites is 1. The van der Waals surface area contributed by atoms with Crippen LogP contribution in [-0.2, 0) is 10.1 Å². The number of hydrogen-bond donors (Lipinski definition) is 1. The van der Waals surface area contributed by atoms with Gasteiger partial charge in [-0.2, -0.15) is 8.42 Å². The first-order valence-electron chi connectivity index (χ1n) is 13.6. The van der Waals surface area contributed by atoms with E-state index in [-0.39, 0.29) is 11.4 Å². The molecule has 1 rings (SSSR count). The van der Waals surface area contributed by atoms with Gasteiger partial charge >= 0.3 is 0 Å². The predicted octanol–water partition coefficient (Wildman–Crippen LogP) is 8.75. The molecule has 0 fully saturated rings. The van der Waals surface area contributed by atoms with Gasteiger partial charge in [-0.25, -0.2) is 0 Å². The van der Waals surface area contributed by atoms with Crippen molar-refractivity contribution >= 4 is 10.1 Å². The summed E-state index contributed by atoms with van der Waals surface area (Å²) in [5.41, 5.74) is -0.362.